The van der Waals surface area contributed by atoms with Crippen LogP contribution in [0.15, 0.2) is 18.2 Å². The fraction of sp³-hybridized carbons (Fsp3) is 0.500. The molecule has 92 valence electrons. The minimum absolute atomic E-state index is 0.0595. The van der Waals surface area contributed by atoms with Crippen molar-refractivity contribution in [3.8, 4) is 0 Å². The van der Waals surface area contributed by atoms with Crippen molar-refractivity contribution in [2.75, 3.05) is 10.2 Å². The molecule has 0 saturated heterocycles. The molecule has 3 nitrogen and oxygen atoms in total. The second kappa shape index (κ2) is 3.76. The second-order valence-corrected chi connectivity index (χ2v) is 5.50. The molecule has 0 fully saturated rings. The van der Waals surface area contributed by atoms with Gasteiger partial charge in [-0.3, -0.25) is 4.79 Å². The summed E-state index contributed by atoms with van der Waals surface area (Å²) in [5.74, 6) is 0.0595. The van der Waals surface area contributed by atoms with E-state index in [9.17, 15) is 4.79 Å². The van der Waals surface area contributed by atoms with E-state index in [-0.39, 0.29) is 11.9 Å². The first-order chi connectivity index (χ1) is 7.84. The summed E-state index contributed by atoms with van der Waals surface area (Å²) in [6.45, 7) is 10.2. The molecule has 0 bridgehead atoms. The Hall–Kier alpha value is -1.51. The first-order valence-corrected chi connectivity index (χ1v) is 6.05. The minimum atomic E-state index is -0.504. The van der Waals surface area contributed by atoms with E-state index in [4.69, 9.17) is 0 Å². The van der Waals surface area contributed by atoms with Crippen molar-refractivity contribution >= 4 is 17.3 Å². The number of rotatable bonds is 1. The van der Waals surface area contributed by atoms with E-state index in [1.807, 2.05) is 26.8 Å². The molecule has 2 rings (SSSR count). The topological polar surface area (TPSA) is 32.3 Å². The molecule has 0 spiro atoms. The van der Waals surface area contributed by atoms with Crippen molar-refractivity contribution in [3.63, 3.8) is 0 Å². The van der Waals surface area contributed by atoms with Crippen LogP contribution in [0.1, 0.15) is 33.3 Å². The van der Waals surface area contributed by atoms with Gasteiger partial charge in [0.05, 0.1) is 11.4 Å². The molecule has 0 aromatic heterocycles. The lowest BCUT2D eigenvalue weighted by molar-refractivity contribution is -0.120. The molecular weight excluding hydrogens is 212 g/mol. The number of carbonyl (C=O) groups excluding carboxylic acids is 1. The molecule has 0 saturated carbocycles. The SMILES string of the molecule is Cc1ccc2c(c1)NC(=O)C(C)(C)N2C(C)C. The summed E-state index contributed by atoms with van der Waals surface area (Å²) in [5, 5.41) is 3.00. The maximum Gasteiger partial charge on any atom is 0.249 e. The van der Waals surface area contributed by atoms with Crippen molar-refractivity contribution in [3.05, 3.63) is 23.8 Å². The second-order valence-electron chi connectivity index (χ2n) is 5.50. The molecular formula is C14H20N2O. The van der Waals surface area contributed by atoms with E-state index in [0.29, 0.717) is 0 Å². The van der Waals surface area contributed by atoms with E-state index >= 15 is 0 Å². The van der Waals surface area contributed by atoms with E-state index < -0.39 is 5.54 Å². The van der Waals surface area contributed by atoms with Crippen LogP contribution in [0.5, 0.6) is 0 Å². The molecule has 1 aliphatic heterocycles. The van der Waals surface area contributed by atoms with Gasteiger partial charge in [-0.1, -0.05) is 6.07 Å². The Morgan fingerprint density at radius 3 is 2.53 bits per heavy atom. The van der Waals surface area contributed by atoms with Gasteiger partial charge in [-0.25, -0.2) is 0 Å². The number of amides is 1. The number of hydrogen-bond acceptors (Lipinski definition) is 2. The average molecular weight is 232 g/mol. The molecule has 0 aliphatic carbocycles. The average Bonchev–Trinajstić information content (AvgIpc) is 2.19. The molecule has 0 radical (unpaired) electrons. The number of aryl methyl sites for hydroxylation is 1. The molecule has 17 heavy (non-hydrogen) atoms. The lowest BCUT2D eigenvalue weighted by Gasteiger charge is -2.46. The van der Waals surface area contributed by atoms with Gasteiger partial charge in [-0.2, -0.15) is 0 Å². The summed E-state index contributed by atoms with van der Waals surface area (Å²) in [7, 11) is 0. The largest absolute Gasteiger partial charge is 0.353 e. The lowest BCUT2D eigenvalue weighted by Crippen LogP contribution is -2.58. The lowest BCUT2D eigenvalue weighted by atomic mass is 9.94. The molecule has 1 N–H and O–H groups in total. The summed E-state index contributed by atoms with van der Waals surface area (Å²) in [5.41, 5.74) is 2.68. The zero-order valence-corrected chi connectivity index (χ0v) is 11.2. The Morgan fingerprint density at radius 2 is 1.94 bits per heavy atom. The van der Waals surface area contributed by atoms with E-state index in [1.54, 1.807) is 0 Å². The Kier molecular flexibility index (Phi) is 2.64. The number of nitrogens with zero attached hydrogens (tertiary/aromatic N) is 1. The van der Waals surface area contributed by atoms with Crippen LogP contribution in [0.2, 0.25) is 0 Å². The summed E-state index contributed by atoms with van der Waals surface area (Å²) in [6.07, 6.45) is 0. The number of nitrogens with one attached hydrogen (secondary N) is 1. The maximum atomic E-state index is 12.2. The van der Waals surface area contributed by atoms with Gasteiger partial charge in [0.15, 0.2) is 0 Å². The minimum Gasteiger partial charge on any atom is -0.353 e. The summed E-state index contributed by atoms with van der Waals surface area (Å²) >= 11 is 0. The van der Waals surface area contributed by atoms with Crippen LogP contribution in [-0.2, 0) is 4.79 Å². The third-order valence-corrected chi connectivity index (χ3v) is 3.33. The normalized spacial score (nSPS) is 18.0. The first kappa shape index (κ1) is 12.0. The summed E-state index contributed by atoms with van der Waals surface area (Å²) < 4.78 is 0. The molecule has 3 heteroatoms. The molecule has 1 aliphatic rings. The predicted molar refractivity (Wildman–Crippen MR) is 71.5 cm³/mol. The Bertz CT molecular complexity index is 463. The molecule has 0 atom stereocenters. The highest BCUT2D eigenvalue weighted by atomic mass is 16.2. The van der Waals surface area contributed by atoms with Crippen LogP contribution >= 0.6 is 0 Å². The number of hydrogen-bond donors (Lipinski definition) is 1. The highest BCUT2D eigenvalue weighted by Gasteiger charge is 2.41. The van der Waals surface area contributed by atoms with E-state index in [2.05, 4.69) is 36.2 Å². The molecule has 0 unspecified atom stereocenters. The van der Waals surface area contributed by atoms with Gasteiger partial charge in [0, 0.05) is 6.04 Å². The third kappa shape index (κ3) is 1.79. The van der Waals surface area contributed by atoms with Gasteiger partial charge in [-0.05, 0) is 52.3 Å². The van der Waals surface area contributed by atoms with Crippen molar-refractivity contribution in [2.45, 2.75) is 46.2 Å². The third-order valence-electron chi connectivity index (χ3n) is 3.33. The van der Waals surface area contributed by atoms with Gasteiger partial charge in [0.2, 0.25) is 5.91 Å². The van der Waals surface area contributed by atoms with Crippen LogP contribution in [0.3, 0.4) is 0 Å². The zero-order chi connectivity index (χ0) is 12.8. The van der Waals surface area contributed by atoms with Crippen molar-refractivity contribution < 1.29 is 4.79 Å². The standard InChI is InChI=1S/C14H20N2O/c1-9(2)16-12-7-6-10(3)8-11(12)15-13(17)14(16,4)5/h6-9H,1-5H3,(H,15,17). The summed E-state index contributed by atoms with van der Waals surface area (Å²) in [4.78, 5) is 14.3. The maximum absolute atomic E-state index is 12.2. The van der Waals surface area contributed by atoms with Crippen molar-refractivity contribution in [2.24, 2.45) is 0 Å². The number of anilines is 2. The van der Waals surface area contributed by atoms with Gasteiger partial charge >= 0.3 is 0 Å². The number of carbonyl (C=O) groups is 1. The van der Waals surface area contributed by atoms with E-state index in [1.165, 1.54) is 0 Å². The Labute approximate surface area is 103 Å². The highest BCUT2D eigenvalue weighted by molar-refractivity contribution is 6.06. The van der Waals surface area contributed by atoms with Crippen molar-refractivity contribution in [1.29, 1.82) is 0 Å². The van der Waals surface area contributed by atoms with Crippen LogP contribution in [0.25, 0.3) is 0 Å². The fourth-order valence-electron chi connectivity index (χ4n) is 2.57. The molecule has 1 aromatic carbocycles. The highest BCUT2D eigenvalue weighted by Crippen LogP contribution is 2.38. The van der Waals surface area contributed by atoms with Gasteiger partial charge in [0.1, 0.15) is 5.54 Å². The Morgan fingerprint density at radius 1 is 1.29 bits per heavy atom. The molecule has 1 amide bonds. The monoisotopic (exact) mass is 232 g/mol. The van der Waals surface area contributed by atoms with Crippen LogP contribution in [0.4, 0.5) is 11.4 Å². The number of benzene rings is 1. The fourth-order valence-corrected chi connectivity index (χ4v) is 2.57. The van der Waals surface area contributed by atoms with Crippen LogP contribution in [0, 0.1) is 6.92 Å². The van der Waals surface area contributed by atoms with Gasteiger partial charge in [-0.15, -0.1) is 0 Å². The van der Waals surface area contributed by atoms with Crippen molar-refractivity contribution in [1.82, 2.24) is 0 Å². The number of fused-ring (bicyclic) bond motifs is 1. The first-order valence-electron chi connectivity index (χ1n) is 6.05. The van der Waals surface area contributed by atoms with Gasteiger partial charge in [0.25, 0.3) is 0 Å². The van der Waals surface area contributed by atoms with Crippen LogP contribution < -0.4 is 10.2 Å². The van der Waals surface area contributed by atoms with Crippen LogP contribution in [-0.4, -0.2) is 17.5 Å². The Balaban J connectivity index is 2.60. The predicted octanol–water partition coefficient (Wildman–Crippen LogP) is 2.94. The van der Waals surface area contributed by atoms with E-state index in [0.717, 1.165) is 16.9 Å². The zero-order valence-electron chi connectivity index (χ0n) is 11.2. The van der Waals surface area contributed by atoms with Gasteiger partial charge < -0.3 is 10.2 Å². The molecule has 1 heterocycles. The summed E-state index contributed by atoms with van der Waals surface area (Å²) in [6, 6.07) is 6.49. The quantitative estimate of drug-likeness (QED) is 0.807. The smallest absolute Gasteiger partial charge is 0.249 e. The molecule has 1 aromatic rings.